The summed E-state index contributed by atoms with van der Waals surface area (Å²) in [5.41, 5.74) is 0.326. The fourth-order valence-electron chi connectivity index (χ4n) is 2.50. The Morgan fingerprint density at radius 2 is 2.36 bits per heavy atom. The molecule has 1 N–H and O–H groups in total. The molecule has 0 aromatic carbocycles. The van der Waals surface area contributed by atoms with Crippen molar-refractivity contribution < 1.29 is 9.90 Å². The monoisotopic (exact) mass is 190 g/mol. The van der Waals surface area contributed by atoms with Gasteiger partial charge in [-0.25, -0.2) is 0 Å². The van der Waals surface area contributed by atoms with Crippen LogP contribution in [-0.4, -0.2) is 17.0 Å². The molecule has 0 radical (unpaired) electrons. The van der Waals surface area contributed by atoms with E-state index in [2.05, 4.69) is 5.92 Å². The molecule has 0 aromatic rings. The van der Waals surface area contributed by atoms with Gasteiger partial charge in [-0.2, -0.15) is 0 Å². The maximum absolute atomic E-state index is 11.8. The Labute approximate surface area is 84.0 Å². The molecule has 2 atom stereocenters. The van der Waals surface area contributed by atoms with E-state index in [-0.39, 0.29) is 5.78 Å². The van der Waals surface area contributed by atoms with E-state index in [0.717, 1.165) is 18.4 Å². The number of carbonyl (C=O) groups excluding carboxylic acids is 1. The number of rotatable bonds is 0. The normalized spacial score (nSPS) is 37.0. The summed E-state index contributed by atoms with van der Waals surface area (Å²) in [4.78, 5) is 11.8. The van der Waals surface area contributed by atoms with Crippen molar-refractivity contribution in [3.63, 3.8) is 0 Å². The lowest BCUT2D eigenvalue weighted by Crippen LogP contribution is -2.39. The molecule has 0 amide bonds. The minimum atomic E-state index is -0.655. The number of hydrogen-bond acceptors (Lipinski definition) is 2. The molecule has 1 fully saturated rings. The standard InChI is InChI=1S/C12H14O2/c1-2-12-7-6-10(13)8-9(12)4-3-5-11(12)14/h1,8,10,13H,3-7H2/t10-,12+/m0/s1. The minimum Gasteiger partial charge on any atom is -0.389 e. The van der Waals surface area contributed by atoms with Crippen LogP contribution in [0.1, 0.15) is 32.1 Å². The third-order valence-electron chi connectivity index (χ3n) is 3.33. The van der Waals surface area contributed by atoms with Crippen LogP contribution in [0.2, 0.25) is 0 Å². The van der Waals surface area contributed by atoms with E-state index in [1.54, 1.807) is 6.08 Å². The number of allylic oxidation sites excluding steroid dienone is 1. The summed E-state index contributed by atoms with van der Waals surface area (Å²) in [7, 11) is 0. The van der Waals surface area contributed by atoms with Gasteiger partial charge >= 0.3 is 0 Å². The van der Waals surface area contributed by atoms with Gasteiger partial charge < -0.3 is 5.11 Å². The van der Waals surface area contributed by atoms with Gasteiger partial charge in [0, 0.05) is 6.42 Å². The molecule has 0 aromatic heterocycles. The summed E-state index contributed by atoms with van der Waals surface area (Å²) >= 11 is 0. The van der Waals surface area contributed by atoms with Crippen molar-refractivity contribution in [1.82, 2.24) is 0 Å². The second-order valence-electron chi connectivity index (χ2n) is 4.12. The summed E-state index contributed by atoms with van der Waals surface area (Å²) in [6.45, 7) is 0. The number of carbonyl (C=O) groups is 1. The van der Waals surface area contributed by atoms with E-state index < -0.39 is 11.5 Å². The Morgan fingerprint density at radius 1 is 1.57 bits per heavy atom. The summed E-state index contributed by atoms with van der Waals surface area (Å²) in [6, 6.07) is 0. The maximum atomic E-state index is 11.8. The van der Waals surface area contributed by atoms with Crippen molar-refractivity contribution in [2.24, 2.45) is 5.41 Å². The fraction of sp³-hybridized carbons (Fsp3) is 0.583. The molecule has 0 bridgehead atoms. The first-order valence-electron chi connectivity index (χ1n) is 5.09. The van der Waals surface area contributed by atoms with Crippen LogP contribution in [0, 0.1) is 17.8 Å². The molecule has 2 nitrogen and oxygen atoms in total. The first kappa shape index (κ1) is 9.48. The number of ketones is 1. The van der Waals surface area contributed by atoms with E-state index in [0.29, 0.717) is 19.3 Å². The molecule has 2 aliphatic rings. The molecule has 2 rings (SSSR count). The highest BCUT2D eigenvalue weighted by Gasteiger charge is 2.44. The van der Waals surface area contributed by atoms with Gasteiger partial charge in [-0.15, -0.1) is 6.42 Å². The molecular weight excluding hydrogens is 176 g/mol. The van der Waals surface area contributed by atoms with Crippen molar-refractivity contribution >= 4 is 5.78 Å². The van der Waals surface area contributed by atoms with Crippen LogP contribution in [0.3, 0.4) is 0 Å². The van der Waals surface area contributed by atoms with Crippen LogP contribution in [0.5, 0.6) is 0 Å². The topological polar surface area (TPSA) is 37.3 Å². The van der Waals surface area contributed by atoms with Crippen LogP contribution in [0.25, 0.3) is 0 Å². The van der Waals surface area contributed by atoms with E-state index in [9.17, 15) is 9.90 Å². The third-order valence-corrected chi connectivity index (χ3v) is 3.33. The van der Waals surface area contributed by atoms with E-state index >= 15 is 0 Å². The summed E-state index contributed by atoms with van der Waals surface area (Å²) < 4.78 is 0. The number of Topliss-reactive ketones (excluding diaryl/α,β-unsaturated/α-hetero) is 1. The lowest BCUT2D eigenvalue weighted by atomic mass is 9.64. The van der Waals surface area contributed by atoms with E-state index in [1.165, 1.54) is 0 Å². The van der Waals surface area contributed by atoms with Crippen LogP contribution in [0.15, 0.2) is 11.6 Å². The number of terminal acetylenes is 1. The largest absolute Gasteiger partial charge is 0.389 e. The molecule has 74 valence electrons. The Balaban J connectivity index is 2.43. The van der Waals surface area contributed by atoms with Crippen molar-refractivity contribution in [2.45, 2.75) is 38.2 Å². The average Bonchev–Trinajstić information content (AvgIpc) is 2.18. The first-order valence-corrected chi connectivity index (χ1v) is 5.09. The zero-order valence-corrected chi connectivity index (χ0v) is 8.12. The first-order chi connectivity index (χ1) is 6.69. The molecule has 2 heteroatoms. The van der Waals surface area contributed by atoms with Crippen LogP contribution in [0.4, 0.5) is 0 Å². The van der Waals surface area contributed by atoms with Crippen LogP contribution >= 0.6 is 0 Å². The van der Waals surface area contributed by atoms with Gasteiger partial charge in [-0.1, -0.05) is 12.0 Å². The van der Waals surface area contributed by atoms with Crippen LogP contribution in [-0.2, 0) is 4.79 Å². The molecule has 0 unspecified atom stereocenters. The molecule has 1 saturated carbocycles. The Morgan fingerprint density at radius 3 is 3.07 bits per heavy atom. The van der Waals surface area contributed by atoms with Crippen molar-refractivity contribution in [1.29, 1.82) is 0 Å². The van der Waals surface area contributed by atoms with Gasteiger partial charge in [0.05, 0.1) is 6.10 Å². The zero-order valence-electron chi connectivity index (χ0n) is 8.12. The van der Waals surface area contributed by atoms with E-state index in [1.807, 2.05) is 0 Å². The second kappa shape index (κ2) is 3.25. The number of aliphatic hydroxyl groups excluding tert-OH is 1. The van der Waals surface area contributed by atoms with Gasteiger partial charge in [0.2, 0.25) is 0 Å². The molecule has 0 heterocycles. The molecule has 14 heavy (non-hydrogen) atoms. The fourth-order valence-corrected chi connectivity index (χ4v) is 2.50. The highest BCUT2D eigenvalue weighted by atomic mass is 16.3. The summed E-state index contributed by atoms with van der Waals surface area (Å²) in [5.74, 6) is 2.83. The molecule has 2 aliphatic carbocycles. The smallest absolute Gasteiger partial charge is 0.155 e. The average molecular weight is 190 g/mol. The Hall–Kier alpha value is -1.07. The number of aliphatic hydroxyl groups is 1. The van der Waals surface area contributed by atoms with Gasteiger partial charge in [0.15, 0.2) is 5.78 Å². The predicted molar refractivity (Wildman–Crippen MR) is 53.4 cm³/mol. The Bertz CT molecular complexity index is 335. The summed E-state index contributed by atoms with van der Waals surface area (Å²) in [6.07, 6.45) is 10.4. The molecule has 0 saturated heterocycles. The van der Waals surface area contributed by atoms with Crippen molar-refractivity contribution in [2.75, 3.05) is 0 Å². The minimum absolute atomic E-state index is 0.171. The van der Waals surface area contributed by atoms with Gasteiger partial charge in [0.25, 0.3) is 0 Å². The highest BCUT2D eigenvalue weighted by Crippen LogP contribution is 2.44. The molecular formula is C12H14O2. The molecule has 0 spiro atoms. The Kier molecular flexibility index (Phi) is 2.20. The lowest BCUT2D eigenvalue weighted by molar-refractivity contribution is -0.126. The van der Waals surface area contributed by atoms with Crippen LogP contribution < -0.4 is 0 Å². The number of fused-ring (bicyclic) bond motifs is 1. The lowest BCUT2D eigenvalue weighted by Gasteiger charge is -2.37. The van der Waals surface area contributed by atoms with Gasteiger partial charge in [0.1, 0.15) is 5.41 Å². The van der Waals surface area contributed by atoms with Gasteiger partial charge in [-0.3, -0.25) is 4.79 Å². The predicted octanol–water partition coefficient (Wildman–Crippen LogP) is 1.44. The van der Waals surface area contributed by atoms with Gasteiger partial charge in [-0.05, 0) is 31.3 Å². The number of hydrogen-bond donors (Lipinski definition) is 1. The third kappa shape index (κ3) is 1.20. The van der Waals surface area contributed by atoms with E-state index in [4.69, 9.17) is 6.42 Å². The molecule has 0 aliphatic heterocycles. The van der Waals surface area contributed by atoms with Crippen molar-refractivity contribution in [3.05, 3.63) is 11.6 Å². The summed E-state index contributed by atoms with van der Waals surface area (Å²) in [5, 5.41) is 9.49. The highest BCUT2D eigenvalue weighted by molar-refractivity contribution is 5.92. The van der Waals surface area contributed by atoms with Crippen molar-refractivity contribution in [3.8, 4) is 12.3 Å². The second-order valence-corrected chi connectivity index (χ2v) is 4.12. The zero-order chi connectivity index (χ0) is 10.2. The quantitative estimate of drug-likeness (QED) is 0.463. The SMILES string of the molecule is C#C[C@@]12CC[C@H](O)C=C1CCCC2=O. The maximum Gasteiger partial charge on any atom is 0.155 e.